The van der Waals surface area contributed by atoms with Crippen molar-refractivity contribution in [2.45, 2.75) is 42.6 Å². The maximum absolute atomic E-state index is 13.3. The summed E-state index contributed by atoms with van der Waals surface area (Å²) in [6.07, 6.45) is 0.933. The fraction of sp³-hybridized carbons (Fsp3) is 0.310. The number of anilines is 2. The van der Waals surface area contributed by atoms with E-state index in [9.17, 15) is 13.2 Å². The van der Waals surface area contributed by atoms with Crippen molar-refractivity contribution in [3.63, 3.8) is 0 Å². The highest BCUT2D eigenvalue weighted by Gasteiger charge is 2.22. The largest absolute Gasteiger partial charge is 0.381 e. The van der Waals surface area contributed by atoms with Gasteiger partial charge in [0.2, 0.25) is 0 Å². The van der Waals surface area contributed by atoms with Crippen LogP contribution in [0.1, 0.15) is 32.8 Å². The molecule has 1 aromatic heterocycles. The van der Waals surface area contributed by atoms with E-state index in [1.165, 1.54) is 25.8 Å². The van der Waals surface area contributed by atoms with E-state index in [4.69, 9.17) is 0 Å². The Morgan fingerprint density at radius 3 is 2.26 bits per heavy atom. The molecule has 1 atom stereocenters. The number of nitrogens with one attached hydrogen (secondary N) is 2. The van der Waals surface area contributed by atoms with E-state index in [-0.39, 0.29) is 10.9 Å². The predicted octanol–water partition coefficient (Wildman–Crippen LogP) is 8.00. The number of thiophene rings is 1. The Bertz CT molecular complexity index is 2080. The topological polar surface area (TPSA) is 85.0 Å². The Hall–Kier alpha value is -4.13. The molecule has 0 aliphatic carbocycles. The van der Waals surface area contributed by atoms with Gasteiger partial charge in [-0.1, -0.05) is 42.5 Å². The summed E-state index contributed by atoms with van der Waals surface area (Å²) < 4.78 is 29.0. The zero-order valence-corrected chi connectivity index (χ0v) is 33.4. The van der Waals surface area contributed by atoms with Gasteiger partial charge < -0.3 is 15.1 Å². The average Bonchev–Trinajstić information content (AvgIpc) is 3.60. The number of thioether (sulfide) groups is 1. The van der Waals surface area contributed by atoms with Gasteiger partial charge in [-0.05, 0) is 124 Å². The number of carbonyl (C=O) groups is 1. The Kier molecular flexibility index (Phi) is 13.0. The first kappa shape index (κ1) is 38.6. The number of carbonyl (C=O) groups excluding carboxylic acids is 1. The molecule has 0 bridgehead atoms. The lowest BCUT2D eigenvalue weighted by atomic mass is 10.1. The Morgan fingerprint density at radius 2 is 1.58 bits per heavy atom. The first-order chi connectivity index (χ1) is 25.5. The van der Waals surface area contributed by atoms with Crippen molar-refractivity contribution >= 4 is 50.4 Å². The van der Waals surface area contributed by atoms with E-state index >= 15 is 0 Å². The van der Waals surface area contributed by atoms with Gasteiger partial charge in [-0.3, -0.25) is 9.69 Å². The molecular weight excluding hydrogens is 719 g/mol. The zero-order chi connectivity index (χ0) is 37.4. The number of sulfonamides is 1. The molecule has 0 unspecified atom stereocenters. The fourth-order valence-electron chi connectivity index (χ4n) is 6.46. The summed E-state index contributed by atoms with van der Waals surface area (Å²) >= 11 is 3.63. The number of hydrogen-bond acceptors (Lipinski definition) is 9. The van der Waals surface area contributed by atoms with E-state index < -0.39 is 15.9 Å². The van der Waals surface area contributed by atoms with Crippen LogP contribution in [-0.2, 0) is 16.6 Å². The van der Waals surface area contributed by atoms with Crippen LogP contribution in [0.2, 0.25) is 0 Å². The lowest BCUT2D eigenvalue weighted by Crippen LogP contribution is -2.46. The summed E-state index contributed by atoms with van der Waals surface area (Å²) in [7, 11) is 0.0442. The minimum Gasteiger partial charge on any atom is -0.381 e. The molecule has 1 saturated heterocycles. The molecular formula is C42H49N5O3S3. The van der Waals surface area contributed by atoms with Crippen LogP contribution in [0, 0.1) is 13.8 Å². The fourth-order valence-corrected chi connectivity index (χ4v) is 9.44. The molecule has 0 spiro atoms. The summed E-state index contributed by atoms with van der Waals surface area (Å²) in [6, 6.07) is 35.7. The van der Waals surface area contributed by atoms with Gasteiger partial charge in [0.15, 0.2) is 0 Å². The number of hydrogen-bond donors (Lipinski definition) is 2. The van der Waals surface area contributed by atoms with Crippen LogP contribution >= 0.6 is 23.1 Å². The Balaban J connectivity index is 1.02. The number of aryl methyl sites for hydroxylation is 2. The van der Waals surface area contributed by atoms with Crippen LogP contribution in [0.25, 0.3) is 10.4 Å². The minimum absolute atomic E-state index is 0.0556. The van der Waals surface area contributed by atoms with E-state index in [0.717, 1.165) is 68.4 Å². The highest BCUT2D eigenvalue weighted by Crippen LogP contribution is 2.31. The number of nitrogens with zero attached hydrogens (tertiary/aromatic N) is 3. The van der Waals surface area contributed by atoms with Gasteiger partial charge in [0.1, 0.15) is 0 Å². The molecule has 8 nitrogen and oxygen atoms in total. The van der Waals surface area contributed by atoms with Crippen molar-refractivity contribution in [1.82, 2.24) is 14.5 Å². The second kappa shape index (κ2) is 17.8. The molecule has 1 aliphatic rings. The SMILES string of the molecule is Cc1ccc(-c2ccccc2CN2CCN(c3ccc(C(=O)NS(=O)(=O)c4ccc(N[C@H](CCN(C)C)CSc5ccccc5)c(C)c4)cc3)CC2)s1. The molecule has 53 heavy (non-hydrogen) atoms. The van der Waals surface area contributed by atoms with Crippen molar-refractivity contribution in [3.05, 3.63) is 131 Å². The molecule has 2 N–H and O–H groups in total. The van der Waals surface area contributed by atoms with Crippen LogP contribution in [0.15, 0.2) is 119 Å². The summed E-state index contributed by atoms with van der Waals surface area (Å²) in [6.45, 7) is 9.45. The molecule has 0 saturated carbocycles. The summed E-state index contributed by atoms with van der Waals surface area (Å²) in [5.41, 5.74) is 5.64. The number of benzene rings is 4. The van der Waals surface area contributed by atoms with Crippen molar-refractivity contribution in [1.29, 1.82) is 0 Å². The smallest absolute Gasteiger partial charge is 0.264 e. The van der Waals surface area contributed by atoms with Gasteiger partial charge >= 0.3 is 0 Å². The van der Waals surface area contributed by atoms with Gasteiger partial charge in [-0.15, -0.1) is 23.1 Å². The molecule has 278 valence electrons. The standard InChI is InChI=1S/C42H49N5O3S3/c1-31-28-38(19-20-40(31)43-35(22-23-45(3)4)30-51-37-11-6-5-7-12-37)53(49,50)44-42(48)33-15-17-36(18-16-33)47-26-24-46(25-27-47)29-34-10-8-9-13-39(34)41-21-14-32(2)52-41/h5-21,28,35,43H,22-27,29-30H2,1-4H3,(H,44,48)/t35-/m1/s1. The summed E-state index contributed by atoms with van der Waals surface area (Å²) in [5, 5.41) is 3.64. The Morgan fingerprint density at radius 1 is 0.868 bits per heavy atom. The van der Waals surface area contributed by atoms with E-state index in [1.54, 1.807) is 42.1 Å². The molecule has 0 radical (unpaired) electrons. The number of amides is 1. The van der Waals surface area contributed by atoms with Gasteiger partial charge in [0, 0.05) is 76.1 Å². The first-order valence-electron chi connectivity index (χ1n) is 18.0. The van der Waals surface area contributed by atoms with Crippen molar-refractivity contribution in [2.75, 3.05) is 62.8 Å². The third-order valence-corrected chi connectivity index (χ3v) is 13.0. The monoisotopic (exact) mass is 767 g/mol. The van der Waals surface area contributed by atoms with Crippen LogP contribution in [0.4, 0.5) is 11.4 Å². The molecule has 4 aromatic carbocycles. The second-order valence-electron chi connectivity index (χ2n) is 13.8. The Labute approximate surface area is 323 Å². The number of rotatable bonds is 15. The normalized spacial score (nSPS) is 14.3. The van der Waals surface area contributed by atoms with Gasteiger partial charge in [-0.25, -0.2) is 13.1 Å². The molecule has 11 heteroatoms. The quantitative estimate of drug-likeness (QED) is 0.104. The van der Waals surface area contributed by atoms with E-state index in [1.807, 2.05) is 48.6 Å². The minimum atomic E-state index is -4.08. The van der Waals surface area contributed by atoms with Gasteiger partial charge in [0.05, 0.1) is 4.90 Å². The molecule has 6 rings (SSSR count). The lowest BCUT2D eigenvalue weighted by molar-refractivity contribution is 0.0981. The summed E-state index contributed by atoms with van der Waals surface area (Å²) in [4.78, 5) is 24.0. The maximum Gasteiger partial charge on any atom is 0.264 e. The molecule has 1 fully saturated rings. The van der Waals surface area contributed by atoms with Crippen molar-refractivity contribution in [2.24, 2.45) is 0 Å². The van der Waals surface area contributed by atoms with Crippen LogP contribution in [0.3, 0.4) is 0 Å². The van der Waals surface area contributed by atoms with Crippen molar-refractivity contribution in [3.8, 4) is 10.4 Å². The third-order valence-electron chi connectivity index (χ3n) is 9.50. The third kappa shape index (κ3) is 10.5. The predicted molar refractivity (Wildman–Crippen MR) is 222 cm³/mol. The highest BCUT2D eigenvalue weighted by atomic mass is 32.2. The molecule has 1 aliphatic heterocycles. The second-order valence-corrected chi connectivity index (χ2v) is 17.9. The maximum atomic E-state index is 13.3. The average molecular weight is 768 g/mol. The lowest BCUT2D eigenvalue weighted by Gasteiger charge is -2.36. The van der Waals surface area contributed by atoms with Gasteiger partial charge in [0.25, 0.3) is 15.9 Å². The van der Waals surface area contributed by atoms with Crippen LogP contribution < -0.4 is 14.9 Å². The molecule has 1 amide bonds. The summed E-state index contributed by atoms with van der Waals surface area (Å²) in [5.74, 6) is 0.218. The van der Waals surface area contributed by atoms with Crippen molar-refractivity contribution < 1.29 is 13.2 Å². The van der Waals surface area contributed by atoms with Crippen LogP contribution in [0.5, 0.6) is 0 Å². The molecule has 5 aromatic rings. The van der Waals surface area contributed by atoms with Gasteiger partial charge in [-0.2, -0.15) is 0 Å². The van der Waals surface area contributed by atoms with Crippen LogP contribution in [-0.4, -0.2) is 82.7 Å². The zero-order valence-electron chi connectivity index (χ0n) is 30.9. The molecule has 2 heterocycles. The first-order valence-corrected chi connectivity index (χ1v) is 21.3. The highest BCUT2D eigenvalue weighted by molar-refractivity contribution is 7.99. The van der Waals surface area contributed by atoms with E-state index in [2.05, 4.69) is 94.3 Å². The number of piperazine rings is 1. The van der Waals surface area contributed by atoms with E-state index in [0.29, 0.717) is 5.56 Å².